The van der Waals surface area contributed by atoms with E-state index in [0.29, 0.717) is 5.91 Å². The van der Waals surface area contributed by atoms with Gasteiger partial charge in [-0.25, -0.2) is 0 Å². The van der Waals surface area contributed by atoms with Crippen molar-refractivity contribution in [1.82, 2.24) is 10.2 Å². The van der Waals surface area contributed by atoms with E-state index in [-0.39, 0.29) is 5.41 Å². The maximum Gasteiger partial charge on any atom is 0.230 e. The molecule has 0 bridgehead atoms. The molecule has 0 spiro atoms. The summed E-state index contributed by atoms with van der Waals surface area (Å²) in [6.45, 7) is 8.23. The Labute approximate surface area is 111 Å². The molecule has 1 saturated heterocycles. The summed E-state index contributed by atoms with van der Waals surface area (Å²) in [5, 5.41) is 3.40. The first-order chi connectivity index (χ1) is 8.72. The first-order valence-electron chi connectivity index (χ1n) is 7.72. The smallest absolute Gasteiger partial charge is 0.230 e. The van der Waals surface area contributed by atoms with Crippen LogP contribution in [0.25, 0.3) is 0 Å². The van der Waals surface area contributed by atoms with Gasteiger partial charge >= 0.3 is 0 Å². The Morgan fingerprint density at radius 1 is 1.33 bits per heavy atom. The monoisotopic (exact) mass is 252 g/mol. The van der Waals surface area contributed by atoms with E-state index in [4.69, 9.17) is 0 Å². The number of carbonyl (C=O) groups is 1. The molecule has 1 N–H and O–H groups in total. The van der Waals surface area contributed by atoms with Crippen molar-refractivity contribution in [3.8, 4) is 0 Å². The number of nitrogens with one attached hydrogen (secondary N) is 1. The first-order valence-corrected chi connectivity index (χ1v) is 7.72. The third kappa shape index (κ3) is 3.05. The summed E-state index contributed by atoms with van der Waals surface area (Å²) >= 11 is 0. The van der Waals surface area contributed by atoms with E-state index in [0.717, 1.165) is 57.8 Å². The third-order valence-corrected chi connectivity index (χ3v) is 4.38. The van der Waals surface area contributed by atoms with Crippen LogP contribution in [0.2, 0.25) is 0 Å². The molecule has 2 fully saturated rings. The Kier molecular flexibility index (Phi) is 4.66. The summed E-state index contributed by atoms with van der Waals surface area (Å²) in [5.74, 6) is 1.23. The summed E-state index contributed by atoms with van der Waals surface area (Å²) in [4.78, 5) is 15.1. The van der Waals surface area contributed by atoms with Crippen molar-refractivity contribution in [2.75, 3.05) is 26.2 Å². The summed E-state index contributed by atoms with van der Waals surface area (Å²) in [6, 6.07) is 0. The van der Waals surface area contributed by atoms with E-state index < -0.39 is 0 Å². The van der Waals surface area contributed by atoms with Crippen LogP contribution in [0.4, 0.5) is 0 Å². The van der Waals surface area contributed by atoms with Gasteiger partial charge < -0.3 is 10.2 Å². The van der Waals surface area contributed by atoms with Gasteiger partial charge in [-0.3, -0.25) is 4.79 Å². The molecule has 0 radical (unpaired) electrons. The van der Waals surface area contributed by atoms with Crippen molar-refractivity contribution in [1.29, 1.82) is 0 Å². The first kappa shape index (κ1) is 13.9. The van der Waals surface area contributed by atoms with E-state index in [1.54, 1.807) is 0 Å². The molecule has 2 aliphatic rings. The Bertz CT molecular complexity index is 280. The largest absolute Gasteiger partial charge is 0.342 e. The fourth-order valence-electron chi connectivity index (χ4n) is 3.22. The van der Waals surface area contributed by atoms with Crippen LogP contribution in [-0.2, 0) is 4.79 Å². The number of hydrogen-bond acceptors (Lipinski definition) is 2. The highest BCUT2D eigenvalue weighted by Crippen LogP contribution is 2.36. The number of hydrogen-bond donors (Lipinski definition) is 1. The van der Waals surface area contributed by atoms with E-state index >= 15 is 0 Å². The molecule has 1 atom stereocenters. The maximum absolute atomic E-state index is 12.9. The predicted molar refractivity (Wildman–Crippen MR) is 74.4 cm³/mol. The van der Waals surface area contributed by atoms with Crippen molar-refractivity contribution in [3.05, 3.63) is 0 Å². The van der Waals surface area contributed by atoms with Gasteiger partial charge in [-0.05, 0) is 44.6 Å². The number of rotatable bonds is 7. The van der Waals surface area contributed by atoms with Crippen LogP contribution in [0.5, 0.6) is 0 Å². The van der Waals surface area contributed by atoms with E-state index in [1.807, 2.05) is 0 Å². The van der Waals surface area contributed by atoms with Crippen molar-refractivity contribution in [2.45, 2.75) is 52.4 Å². The second-order valence-electron chi connectivity index (χ2n) is 6.15. The molecule has 1 heterocycles. The summed E-state index contributed by atoms with van der Waals surface area (Å²) in [5.41, 5.74) is -0.0845. The molecule has 1 unspecified atom stereocenters. The quantitative estimate of drug-likeness (QED) is 0.754. The van der Waals surface area contributed by atoms with Crippen LogP contribution in [-0.4, -0.2) is 37.0 Å². The molecule has 18 heavy (non-hydrogen) atoms. The van der Waals surface area contributed by atoms with Gasteiger partial charge in [-0.2, -0.15) is 0 Å². The molecule has 1 amide bonds. The highest BCUT2D eigenvalue weighted by atomic mass is 16.2. The van der Waals surface area contributed by atoms with Crippen LogP contribution in [0.1, 0.15) is 52.4 Å². The van der Waals surface area contributed by atoms with Crippen molar-refractivity contribution >= 4 is 5.91 Å². The summed E-state index contributed by atoms with van der Waals surface area (Å²) < 4.78 is 0. The minimum Gasteiger partial charge on any atom is -0.342 e. The van der Waals surface area contributed by atoms with Gasteiger partial charge in [0.15, 0.2) is 0 Å². The van der Waals surface area contributed by atoms with Gasteiger partial charge in [-0.1, -0.05) is 20.3 Å². The molecule has 1 aliphatic carbocycles. The van der Waals surface area contributed by atoms with Gasteiger partial charge in [0.05, 0.1) is 5.41 Å². The highest BCUT2D eigenvalue weighted by molar-refractivity contribution is 5.83. The highest BCUT2D eigenvalue weighted by Gasteiger charge is 2.43. The van der Waals surface area contributed by atoms with Crippen molar-refractivity contribution in [3.63, 3.8) is 0 Å². The van der Waals surface area contributed by atoms with Gasteiger partial charge in [0, 0.05) is 19.6 Å². The molecule has 0 aromatic rings. The Morgan fingerprint density at radius 2 is 2.11 bits per heavy atom. The normalized spacial score (nSPS) is 27.4. The third-order valence-electron chi connectivity index (χ3n) is 4.38. The number of nitrogens with zero attached hydrogens (tertiary/aromatic N) is 1. The van der Waals surface area contributed by atoms with E-state index in [2.05, 4.69) is 24.1 Å². The van der Waals surface area contributed by atoms with E-state index in [9.17, 15) is 4.79 Å². The molecular weight excluding hydrogens is 224 g/mol. The molecule has 3 heteroatoms. The average Bonchev–Trinajstić information content (AvgIpc) is 3.05. The Morgan fingerprint density at radius 3 is 2.61 bits per heavy atom. The standard InChI is InChI=1S/C15H28N2O/c1-3-7-15(8-9-16-12-15)14(18)17(10-4-2)11-13-5-6-13/h13,16H,3-12H2,1-2H3. The fraction of sp³-hybridized carbons (Fsp3) is 0.933. The predicted octanol–water partition coefficient (Wildman–Crippen LogP) is 2.41. The lowest BCUT2D eigenvalue weighted by Gasteiger charge is -2.34. The van der Waals surface area contributed by atoms with Crippen LogP contribution in [0, 0.1) is 11.3 Å². The fourth-order valence-corrected chi connectivity index (χ4v) is 3.22. The molecule has 1 saturated carbocycles. The molecule has 104 valence electrons. The number of carbonyl (C=O) groups excluding carboxylic acids is 1. The lowest BCUT2D eigenvalue weighted by atomic mass is 9.81. The minimum absolute atomic E-state index is 0.0845. The average molecular weight is 252 g/mol. The second kappa shape index (κ2) is 6.05. The van der Waals surface area contributed by atoms with Crippen LogP contribution >= 0.6 is 0 Å². The zero-order valence-electron chi connectivity index (χ0n) is 12.0. The van der Waals surface area contributed by atoms with Gasteiger partial charge in [0.1, 0.15) is 0 Å². The Hall–Kier alpha value is -0.570. The summed E-state index contributed by atoms with van der Waals surface area (Å²) in [7, 11) is 0. The van der Waals surface area contributed by atoms with Crippen molar-refractivity contribution < 1.29 is 4.79 Å². The molecule has 2 rings (SSSR count). The van der Waals surface area contributed by atoms with Crippen LogP contribution < -0.4 is 5.32 Å². The van der Waals surface area contributed by atoms with Gasteiger partial charge in [0.2, 0.25) is 5.91 Å². The van der Waals surface area contributed by atoms with Crippen LogP contribution in [0.15, 0.2) is 0 Å². The zero-order valence-corrected chi connectivity index (χ0v) is 12.0. The second-order valence-corrected chi connectivity index (χ2v) is 6.15. The molecule has 0 aromatic carbocycles. The van der Waals surface area contributed by atoms with Crippen LogP contribution in [0.3, 0.4) is 0 Å². The van der Waals surface area contributed by atoms with Crippen molar-refractivity contribution in [2.24, 2.45) is 11.3 Å². The Balaban J connectivity index is 2.03. The maximum atomic E-state index is 12.9. The topological polar surface area (TPSA) is 32.3 Å². The molecule has 3 nitrogen and oxygen atoms in total. The van der Waals surface area contributed by atoms with E-state index in [1.165, 1.54) is 12.8 Å². The molecular formula is C15H28N2O. The summed E-state index contributed by atoms with van der Waals surface area (Å²) in [6.07, 6.45) is 6.91. The van der Waals surface area contributed by atoms with Gasteiger partial charge in [0.25, 0.3) is 0 Å². The lowest BCUT2D eigenvalue weighted by Crippen LogP contribution is -2.46. The lowest BCUT2D eigenvalue weighted by molar-refractivity contribution is -0.142. The minimum atomic E-state index is -0.0845. The SMILES string of the molecule is CCCN(CC1CC1)C(=O)C1(CCC)CCNC1. The zero-order chi connectivity index (χ0) is 13.0. The van der Waals surface area contributed by atoms with Gasteiger partial charge in [-0.15, -0.1) is 0 Å². The molecule has 0 aromatic heterocycles. The molecule has 1 aliphatic heterocycles. The number of amides is 1.